The molecule has 2 aliphatic heterocycles. The molecule has 0 saturated carbocycles. The van der Waals surface area contributed by atoms with Crippen LogP contribution in [-0.2, 0) is 4.79 Å². The molecule has 138 valence electrons. The van der Waals surface area contributed by atoms with Gasteiger partial charge in [0.25, 0.3) is 0 Å². The van der Waals surface area contributed by atoms with Crippen LogP contribution in [-0.4, -0.2) is 43.4 Å². The Kier molecular flexibility index (Phi) is 8.36. The van der Waals surface area contributed by atoms with Gasteiger partial charge in [0.1, 0.15) is 9.45 Å². The van der Waals surface area contributed by atoms with Gasteiger partial charge in [-0.2, -0.15) is 0 Å². The summed E-state index contributed by atoms with van der Waals surface area (Å²) in [4.78, 5) is 12.2. The molecule has 2 atom stereocenters. The number of nitrogens with one attached hydrogen (secondary N) is 1. The highest BCUT2D eigenvalue weighted by molar-refractivity contribution is 8.18. The third-order valence-electron chi connectivity index (χ3n) is 3.37. The second-order valence-electron chi connectivity index (χ2n) is 6.51. The lowest BCUT2D eigenvalue weighted by molar-refractivity contribution is -0.119. The number of thioether (sulfide) groups is 3. The van der Waals surface area contributed by atoms with Crippen LogP contribution in [0.5, 0.6) is 0 Å². The average molecular weight is 412 g/mol. The smallest absolute Gasteiger partial charge is 0.240 e. The number of allylic oxidation sites excluding steroid dienone is 1. The van der Waals surface area contributed by atoms with E-state index in [1.807, 2.05) is 11.5 Å². The molecule has 0 aromatic heterocycles. The maximum Gasteiger partial charge on any atom is 0.240 e. The molecule has 2 aliphatic rings. The first kappa shape index (κ1) is 22.1. The van der Waals surface area contributed by atoms with E-state index in [1.165, 1.54) is 11.8 Å². The molecule has 2 rings (SSSR count). The number of halogens is 1. The molecule has 4 N–H and O–H groups in total. The average Bonchev–Trinajstić information content (AvgIpc) is 3.06. The molecule has 0 fully saturated rings. The minimum absolute atomic E-state index is 0. The van der Waals surface area contributed by atoms with Gasteiger partial charge in [0, 0.05) is 12.1 Å². The van der Waals surface area contributed by atoms with Crippen molar-refractivity contribution < 1.29 is 9.90 Å². The van der Waals surface area contributed by atoms with Crippen LogP contribution in [0, 0.1) is 0 Å². The molecule has 0 bridgehead atoms. The van der Waals surface area contributed by atoms with Gasteiger partial charge in [-0.25, -0.2) is 5.43 Å². The Hall–Kier alpha value is 0.0100. The number of aliphatic hydroxyl groups is 1. The van der Waals surface area contributed by atoms with Crippen LogP contribution in [0.1, 0.15) is 33.6 Å². The summed E-state index contributed by atoms with van der Waals surface area (Å²) in [6.45, 7) is 6.49. The van der Waals surface area contributed by atoms with Crippen molar-refractivity contribution in [3.8, 4) is 0 Å². The third-order valence-corrected chi connectivity index (χ3v) is 7.24. The summed E-state index contributed by atoms with van der Waals surface area (Å²) in [6, 6.07) is 0. The van der Waals surface area contributed by atoms with E-state index in [0.717, 1.165) is 17.9 Å². The number of amides is 1. The van der Waals surface area contributed by atoms with Gasteiger partial charge in [-0.1, -0.05) is 17.8 Å². The van der Waals surface area contributed by atoms with Crippen LogP contribution >= 0.6 is 47.7 Å². The van der Waals surface area contributed by atoms with Crippen LogP contribution in [0.4, 0.5) is 0 Å². The summed E-state index contributed by atoms with van der Waals surface area (Å²) in [7, 11) is 0. The Morgan fingerprint density at radius 2 is 2.29 bits per heavy atom. The molecule has 0 aromatic rings. The SMILES string of the molecule is CC(C)(C)NN1C(C2(C(N)=O)CC=CS2)=CSC1SCCCO.Cl. The van der Waals surface area contributed by atoms with Gasteiger partial charge in [-0.15, -0.1) is 35.9 Å². The predicted octanol–water partition coefficient (Wildman–Crippen LogP) is 2.88. The highest BCUT2D eigenvalue weighted by atomic mass is 35.5. The standard InChI is InChI=1S/C15H25N3O2S3.ClH/c1-14(2,3)17-18-11(10-22-13(18)21-8-5-7-19)15(12(16)20)6-4-9-23-15;/h4,9-10,13,17,19H,5-8H2,1-3H3,(H2,16,20);1H. The van der Waals surface area contributed by atoms with Crippen molar-refractivity contribution in [3.05, 3.63) is 22.6 Å². The molecule has 2 unspecified atom stereocenters. The number of hydrazine groups is 1. The molecule has 1 amide bonds. The first-order valence-corrected chi connectivity index (χ1v) is 10.5. The van der Waals surface area contributed by atoms with E-state index in [2.05, 4.69) is 36.6 Å². The number of rotatable bonds is 7. The lowest BCUT2D eigenvalue weighted by Crippen LogP contribution is -2.55. The molecule has 0 saturated heterocycles. The van der Waals surface area contributed by atoms with E-state index in [-0.39, 0.29) is 35.2 Å². The Bertz CT molecular complexity index is 501. The zero-order valence-corrected chi connectivity index (χ0v) is 17.4. The van der Waals surface area contributed by atoms with Gasteiger partial charge >= 0.3 is 0 Å². The largest absolute Gasteiger partial charge is 0.396 e. The fourth-order valence-electron chi connectivity index (χ4n) is 2.36. The van der Waals surface area contributed by atoms with Gasteiger partial charge in [-0.3, -0.25) is 9.80 Å². The molecule has 24 heavy (non-hydrogen) atoms. The van der Waals surface area contributed by atoms with Crippen LogP contribution in [0.3, 0.4) is 0 Å². The number of nitrogens with two attached hydrogens (primary N) is 1. The molecular formula is C15H26ClN3O2S3. The summed E-state index contributed by atoms with van der Waals surface area (Å²) < 4.78 is -0.592. The normalized spacial score (nSPS) is 26.4. The van der Waals surface area contributed by atoms with E-state index in [1.54, 1.807) is 23.5 Å². The number of aliphatic hydroxyl groups excluding tert-OH is 1. The fraction of sp³-hybridized carbons (Fsp3) is 0.667. The fourth-order valence-corrected chi connectivity index (χ4v) is 5.87. The van der Waals surface area contributed by atoms with E-state index < -0.39 is 4.75 Å². The molecular weight excluding hydrogens is 386 g/mol. The van der Waals surface area contributed by atoms with E-state index in [0.29, 0.717) is 6.42 Å². The predicted molar refractivity (Wildman–Crippen MR) is 109 cm³/mol. The lowest BCUT2D eigenvalue weighted by Gasteiger charge is -2.40. The monoisotopic (exact) mass is 411 g/mol. The Balaban J connectivity index is 0.00000288. The summed E-state index contributed by atoms with van der Waals surface area (Å²) in [6.07, 6.45) is 3.38. The second kappa shape index (κ2) is 9.09. The first-order chi connectivity index (χ1) is 10.8. The zero-order chi connectivity index (χ0) is 17.1. The van der Waals surface area contributed by atoms with Crippen LogP contribution in [0.15, 0.2) is 22.6 Å². The van der Waals surface area contributed by atoms with Crippen molar-refractivity contribution in [3.63, 3.8) is 0 Å². The van der Waals surface area contributed by atoms with Crippen molar-refractivity contribution in [2.75, 3.05) is 12.4 Å². The lowest BCUT2D eigenvalue weighted by atomic mass is 10.00. The molecule has 2 heterocycles. The maximum atomic E-state index is 12.2. The molecule has 0 radical (unpaired) electrons. The number of nitrogens with zero attached hydrogens (tertiary/aromatic N) is 1. The third kappa shape index (κ3) is 5.02. The van der Waals surface area contributed by atoms with E-state index in [9.17, 15) is 4.79 Å². The number of primary amides is 1. The van der Waals surface area contributed by atoms with Crippen LogP contribution < -0.4 is 11.2 Å². The quantitative estimate of drug-likeness (QED) is 0.556. The Labute approximate surface area is 163 Å². The van der Waals surface area contributed by atoms with Crippen molar-refractivity contribution >= 4 is 53.6 Å². The zero-order valence-electron chi connectivity index (χ0n) is 14.2. The van der Waals surface area contributed by atoms with Gasteiger partial charge in [-0.05, 0) is 50.2 Å². The molecule has 0 aromatic carbocycles. The minimum atomic E-state index is -0.725. The van der Waals surface area contributed by atoms with Crippen molar-refractivity contribution in [2.24, 2.45) is 5.73 Å². The van der Waals surface area contributed by atoms with Gasteiger partial charge in [0.15, 0.2) is 0 Å². The summed E-state index contributed by atoms with van der Waals surface area (Å²) in [5.41, 5.74) is 10.1. The van der Waals surface area contributed by atoms with Gasteiger partial charge < -0.3 is 10.8 Å². The van der Waals surface area contributed by atoms with E-state index in [4.69, 9.17) is 10.8 Å². The Morgan fingerprint density at radius 1 is 1.58 bits per heavy atom. The Morgan fingerprint density at radius 3 is 2.79 bits per heavy atom. The van der Waals surface area contributed by atoms with Gasteiger partial charge in [0.2, 0.25) is 5.91 Å². The van der Waals surface area contributed by atoms with Gasteiger partial charge in [0.05, 0.1) is 5.70 Å². The summed E-state index contributed by atoms with van der Waals surface area (Å²) in [5.74, 6) is 0.563. The summed E-state index contributed by atoms with van der Waals surface area (Å²) >= 11 is 4.94. The van der Waals surface area contributed by atoms with Crippen molar-refractivity contribution in [2.45, 2.75) is 48.6 Å². The molecule has 9 heteroatoms. The highest BCUT2D eigenvalue weighted by Crippen LogP contribution is 2.50. The van der Waals surface area contributed by atoms with Crippen molar-refractivity contribution in [1.29, 1.82) is 0 Å². The number of hydrogen-bond acceptors (Lipinski definition) is 7. The van der Waals surface area contributed by atoms with Crippen LogP contribution in [0.25, 0.3) is 0 Å². The van der Waals surface area contributed by atoms with Crippen molar-refractivity contribution in [1.82, 2.24) is 10.4 Å². The molecule has 0 spiro atoms. The van der Waals surface area contributed by atoms with E-state index >= 15 is 0 Å². The number of carbonyl (C=O) groups is 1. The topological polar surface area (TPSA) is 78.6 Å². The maximum absolute atomic E-state index is 12.2. The minimum Gasteiger partial charge on any atom is -0.396 e. The number of carbonyl (C=O) groups excluding carboxylic acids is 1. The number of hydrogen-bond donors (Lipinski definition) is 3. The molecule has 0 aliphatic carbocycles. The molecule has 5 nitrogen and oxygen atoms in total. The first-order valence-electron chi connectivity index (χ1n) is 7.58. The van der Waals surface area contributed by atoms with Crippen LogP contribution in [0.2, 0.25) is 0 Å². The highest BCUT2D eigenvalue weighted by Gasteiger charge is 2.48. The second-order valence-corrected chi connectivity index (χ2v) is 10.2. The summed E-state index contributed by atoms with van der Waals surface area (Å²) in [5, 5.41) is 15.1.